The average Bonchev–Trinajstić information content (AvgIpc) is 3.30. The summed E-state index contributed by atoms with van der Waals surface area (Å²) in [6.45, 7) is 1.53. The SMILES string of the molecule is COCCC(=O)N(Cc1ccc(-c2noc(C(F)(F)F)n2)cc1)CC1CC1. The molecule has 1 aromatic heterocycles. The van der Waals surface area contributed by atoms with Crippen LogP contribution in [0, 0.1) is 5.92 Å². The molecule has 0 spiro atoms. The minimum absolute atomic E-state index is 0.0285. The van der Waals surface area contributed by atoms with Crippen LogP contribution in [0.1, 0.15) is 30.7 Å². The van der Waals surface area contributed by atoms with Crippen molar-refractivity contribution in [2.75, 3.05) is 20.3 Å². The van der Waals surface area contributed by atoms with Gasteiger partial charge in [-0.15, -0.1) is 0 Å². The first-order valence-electron chi connectivity index (χ1n) is 8.63. The molecule has 27 heavy (non-hydrogen) atoms. The van der Waals surface area contributed by atoms with Crippen molar-refractivity contribution in [1.29, 1.82) is 0 Å². The maximum Gasteiger partial charge on any atom is 0.471 e. The summed E-state index contributed by atoms with van der Waals surface area (Å²) in [4.78, 5) is 17.5. The zero-order valence-corrected chi connectivity index (χ0v) is 14.8. The van der Waals surface area contributed by atoms with Gasteiger partial charge in [0.25, 0.3) is 0 Å². The van der Waals surface area contributed by atoms with Crippen LogP contribution in [-0.2, 0) is 22.3 Å². The molecule has 0 bridgehead atoms. The number of alkyl halides is 3. The second-order valence-electron chi connectivity index (χ2n) is 6.58. The Hall–Kier alpha value is -2.42. The van der Waals surface area contributed by atoms with Crippen molar-refractivity contribution in [3.63, 3.8) is 0 Å². The number of hydrogen-bond acceptors (Lipinski definition) is 5. The topological polar surface area (TPSA) is 68.5 Å². The molecule has 6 nitrogen and oxygen atoms in total. The molecule has 1 aliphatic carbocycles. The van der Waals surface area contributed by atoms with Gasteiger partial charge in [-0.1, -0.05) is 29.4 Å². The summed E-state index contributed by atoms with van der Waals surface area (Å²) in [5, 5.41) is 3.37. The van der Waals surface area contributed by atoms with Crippen LogP contribution in [0.5, 0.6) is 0 Å². The summed E-state index contributed by atoms with van der Waals surface area (Å²) in [6, 6.07) is 6.75. The minimum atomic E-state index is -4.67. The van der Waals surface area contributed by atoms with Gasteiger partial charge in [-0.25, -0.2) is 0 Å². The third-order valence-electron chi connectivity index (χ3n) is 4.30. The highest BCUT2D eigenvalue weighted by atomic mass is 19.4. The molecule has 1 heterocycles. The van der Waals surface area contributed by atoms with Crippen LogP contribution in [-0.4, -0.2) is 41.2 Å². The molecular formula is C18H20F3N3O3. The van der Waals surface area contributed by atoms with E-state index >= 15 is 0 Å². The van der Waals surface area contributed by atoms with E-state index < -0.39 is 12.1 Å². The summed E-state index contributed by atoms with van der Waals surface area (Å²) >= 11 is 0. The van der Waals surface area contributed by atoms with Crippen LogP contribution in [0.3, 0.4) is 0 Å². The number of carbonyl (C=O) groups excluding carboxylic acids is 1. The smallest absolute Gasteiger partial charge is 0.384 e. The molecule has 9 heteroatoms. The number of amides is 1. The Morgan fingerprint density at radius 1 is 1.30 bits per heavy atom. The number of benzene rings is 1. The Kier molecular flexibility index (Phi) is 5.79. The lowest BCUT2D eigenvalue weighted by molar-refractivity contribution is -0.159. The second-order valence-corrected chi connectivity index (χ2v) is 6.58. The number of nitrogens with zero attached hydrogens (tertiary/aromatic N) is 3. The molecule has 146 valence electrons. The molecule has 0 aliphatic heterocycles. The van der Waals surface area contributed by atoms with Gasteiger partial charge < -0.3 is 14.2 Å². The highest BCUT2D eigenvalue weighted by Crippen LogP contribution is 2.31. The van der Waals surface area contributed by atoms with Gasteiger partial charge in [-0.3, -0.25) is 4.79 Å². The van der Waals surface area contributed by atoms with E-state index in [4.69, 9.17) is 4.74 Å². The fourth-order valence-electron chi connectivity index (χ4n) is 2.65. The molecule has 0 unspecified atom stereocenters. The van der Waals surface area contributed by atoms with Crippen LogP contribution >= 0.6 is 0 Å². The zero-order chi connectivity index (χ0) is 19.4. The molecule has 1 saturated carbocycles. The van der Waals surface area contributed by atoms with Crippen LogP contribution in [0.25, 0.3) is 11.4 Å². The lowest BCUT2D eigenvalue weighted by Crippen LogP contribution is -2.33. The molecule has 0 saturated heterocycles. The van der Waals surface area contributed by atoms with Crippen LogP contribution in [0.2, 0.25) is 0 Å². The van der Waals surface area contributed by atoms with Gasteiger partial charge in [0.15, 0.2) is 0 Å². The van der Waals surface area contributed by atoms with Crippen molar-refractivity contribution in [2.24, 2.45) is 5.92 Å². The molecule has 0 N–H and O–H groups in total. The number of halogens is 3. The highest BCUT2D eigenvalue weighted by molar-refractivity contribution is 5.76. The molecule has 1 fully saturated rings. The molecule has 0 atom stereocenters. The fraction of sp³-hybridized carbons (Fsp3) is 0.500. The van der Waals surface area contributed by atoms with Gasteiger partial charge in [0.1, 0.15) is 0 Å². The molecule has 3 rings (SSSR count). The van der Waals surface area contributed by atoms with Crippen molar-refractivity contribution in [1.82, 2.24) is 15.0 Å². The van der Waals surface area contributed by atoms with Crippen molar-refractivity contribution in [3.8, 4) is 11.4 Å². The number of carbonyl (C=O) groups is 1. The van der Waals surface area contributed by atoms with E-state index in [0.29, 0.717) is 37.6 Å². The second kappa shape index (κ2) is 8.08. The van der Waals surface area contributed by atoms with Gasteiger partial charge in [0, 0.05) is 25.8 Å². The van der Waals surface area contributed by atoms with Crippen molar-refractivity contribution in [3.05, 3.63) is 35.7 Å². The van der Waals surface area contributed by atoms with Gasteiger partial charge >= 0.3 is 12.1 Å². The number of hydrogen-bond donors (Lipinski definition) is 0. The zero-order valence-electron chi connectivity index (χ0n) is 14.8. The number of rotatable bonds is 8. The minimum Gasteiger partial charge on any atom is -0.384 e. The highest BCUT2D eigenvalue weighted by Gasteiger charge is 2.38. The molecular weight excluding hydrogens is 363 g/mol. The molecule has 2 aromatic rings. The van der Waals surface area contributed by atoms with E-state index in [1.54, 1.807) is 31.4 Å². The first-order chi connectivity index (χ1) is 12.9. The van der Waals surface area contributed by atoms with E-state index in [1.165, 1.54) is 0 Å². The maximum absolute atomic E-state index is 12.6. The van der Waals surface area contributed by atoms with Crippen molar-refractivity contribution >= 4 is 5.91 Å². The van der Waals surface area contributed by atoms with Crippen molar-refractivity contribution < 1.29 is 27.2 Å². The lowest BCUT2D eigenvalue weighted by Gasteiger charge is -2.23. The number of aromatic nitrogens is 2. The largest absolute Gasteiger partial charge is 0.471 e. The van der Waals surface area contributed by atoms with E-state index in [-0.39, 0.29) is 11.7 Å². The Labute approximate surface area is 154 Å². The Morgan fingerprint density at radius 2 is 2.00 bits per heavy atom. The monoisotopic (exact) mass is 383 g/mol. The molecule has 1 amide bonds. The Bertz CT molecular complexity index is 770. The third kappa shape index (κ3) is 5.29. The van der Waals surface area contributed by atoms with E-state index in [2.05, 4.69) is 14.7 Å². The number of methoxy groups -OCH3 is 1. The predicted molar refractivity (Wildman–Crippen MR) is 89.4 cm³/mol. The summed E-state index contributed by atoms with van der Waals surface area (Å²) < 4.78 is 46.9. The summed E-state index contributed by atoms with van der Waals surface area (Å²) in [5.74, 6) is -0.919. The normalized spacial score (nSPS) is 14.4. The summed E-state index contributed by atoms with van der Waals surface area (Å²) in [6.07, 6.45) is -2.08. The molecule has 1 aromatic carbocycles. The van der Waals surface area contributed by atoms with Gasteiger partial charge in [0.05, 0.1) is 13.0 Å². The van der Waals surface area contributed by atoms with Crippen molar-refractivity contribution in [2.45, 2.75) is 32.0 Å². The van der Waals surface area contributed by atoms with E-state index in [1.807, 2.05) is 4.90 Å². The number of ether oxygens (including phenoxy) is 1. The quantitative estimate of drug-likeness (QED) is 0.698. The van der Waals surface area contributed by atoms with Gasteiger partial charge in [0.2, 0.25) is 11.7 Å². The third-order valence-corrected chi connectivity index (χ3v) is 4.30. The Balaban J connectivity index is 1.67. The van der Waals surface area contributed by atoms with Crippen LogP contribution in [0.15, 0.2) is 28.8 Å². The molecule has 0 radical (unpaired) electrons. The Morgan fingerprint density at radius 3 is 2.56 bits per heavy atom. The van der Waals surface area contributed by atoms with E-state index in [0.717, 1.165) is 18.4 Å². The lowest BCUT2D eigenvalue weighted by atomic mass is 10.1. The summed E-state index contributed by atoms with van der Waals surface area (Å²) in [5.41, 5.74) is 1.29. The fourth-order valence-corrected chi connectivity index (χ4v) is 2.65. The van der Waals surface area contributed by atoms with E-state index in [9.17, 15) is 18.0 Å². The summed E-state index contributed by atoms with van der Waals surface area (Å²) in [7, 11) is 1.55. The molecule has 1 aliphatic rings. The first kappa shape index (κ1) is 19.3. The average molecular weight is 383 g/mol. The van der Waals surface area contributed by atoms with Gasteiger partial charge in [-0.2, -0.15) is 18.2 Å². The van der Waals surface area contributed by atoms with Crippen LogP contribution in [0.4, 0.5) is 13.2 Å². The maximum atomic E-state index is 12.6. The predicted octanol–water partition coefficient (Wildman–Crippen LogP) is 3.53. The standard InChI is InChI=1S/C18H20F3N3O3/c1-26-9-8-15(25)24(10-12-2-3-12)11-13-4-6-14(7-5-13)16-22-17(27-23-16)18(19,20)21/h4-7,12H,2-3,8-11H2,1H3. The van der Waals surface area contributed by atoms with Gasteiger partial charge in [-0.05, 0) is 24.3 Å². The van der Waals surface area contributed by atoms with Crippen LogP contribution < -0.4 is 0 Å². The first-order valence-corrected chi connectivity index (χ1v) is 8.63.